The van der Waals surface area contributed by atoms with Gasteiger partial charge in [0.2, 0.25) is 0 Å². The lowest BCUT2D eigenvalue weighted by Gasteiger charge is -2.08. The summed E-state index contributed by atoms with van der Waals surface area (Å²) < 4.78 is 5.12. The highest BCUT2D eigenvalue weighted by Gasteiger charge is 2.11. The second-order valence-corrected chi connectivity index (χ2v) is 6.22. The lowest BCUT2D eigenvalue weighted by molar-refractivity contribution is 0.0954. The highest BCUT2D eigenvalue weighted by Crippen LogP contribution is 2.24. The predicted molar refractivity (Wildman–Crippen MR) is 104 cm³/mol. The Morgan fingerprint density at radius 2 is 2.04 bits per heavy atom. The van der Waals surface area contributed by atoms with Crippen molar-refractivity contribution < 1.29 is 9.53 Å². The Bertz CT molecular complexity index is 817. The number of carbonyl (C=O) groups is 1. The number of hydrogen-bond acceptors (Lipinski definition) is 3. The number of nitrogens with one attached hydrogen (secondary N) is 2. The summed E-state index contributed by atoms with van der Waals surface area (Å²) in [6.45, 7) is 0.808. The SMILES string of the molecule is COc1cccc(C(=O)NCCN=C(N)Nc2ccc3c(c2)CCC3)c1. The maximum atomic E-state index is 12.1. The molecule has 0 saturated heterocycles. The number of guanidine groups is 1. The number of aliphatic imine (C=N–C) groups is 1. The third-order valence-electron chi connectivity index (χ3n) is 4.38. The summed E-state index contributed by atoms with van der Waals surface area (Å²) in [7, 11) is 1.57. The monoisotopic (exact) mass is 352 g/mol. The number of anilines is 1. The van der Waals surface area contributed by atoms with E-state index < -0.39 is 0 Å². The van der Waals surface area contributed by atoms with Gasteiger partial charge in [-0.05, 0) is 60.7 Å². The van der Waals surface area contributed by atoms with Gasteiger partial charge in [0.15, 0.2) is 5.96 Å². The summed E-state index contributed by atoms with van der Waals surface area (Å²) in [6.07, 6.45) is 3.50. The molecule has 136 valence electrons. The van der Waals surface area contributed by atoms with Crippen molar-refractivity contribution >= 4 is 17.6 Å². The molecular formula is C20H24N4O2. The van der Waals surface area contributed by atoms with E-state index in [9.17, 15) is 4.79 Å². The van der Waals surface area contributed by atoms with Crippen LogP contribution in [0.4, 0.5) is 5.69 Å². The van der Waals surface area contributed by atoms with Gasteiger partial charge in [0, 0.05) is 17.8 Å². The second kappa shape index (κ2) is 8.38. The van der Waals surface area contributed by atoms with Crippen molar-refractivity contribution in [3.8, 4) is 5.75 Å². The van der Waals surface area contributed by atoms with E-state index in [1.54, 1.807) is 31.4 Å². The van der Waals surface area contributed by atoms with Crippen molar-refractivity contribution in [2.45, 2.75) is 19.3 Å². The molecule has 1 amide bonds. The number of carbonyl (C=O) groups excluding carboxylic acids is 1. The van der Waals surface area contributed by atoms with Crippen molar-refractivity contribution in [3.05, 3.63) is 59.2 Å². The smallest absolute Gasteiger partial charge is 0.251 e. The molecule has 0 atom stereocenters. The Morgan fingerprint density at radius 1 is 1.19 bits per heavy atom. The molecular weight excluding hydrogens is 328 g/mol. The molecule has 3 rings (SSSR count). The maximum Gasteiger partial charge on any atom is 0.251 e. The van der Waals surface area contributed by atoms with Gasteiger partial charge in [-0.2, -0.15) is 0 Å². The van der Waals surface area contributed by atoms with E-state index in [1.165, 1.54) is 17.5 Å². The van der Waals surface area contributed by atoms with E-state index in [4.69, 9.17) is 10.5 Å². The molecule has 0 heterocycles. The quantitative estimate of drug-likeness (QED) is 0.423. The van der Waals surface area contributed by atoms with Crippen LogP contribution >= 0.6 is 0 Å². The summed E-state index contributed by atoms with van der Waals surface area (Å²) >= 11 is 0. The normalized spacial score (nSPS) is 13.2. The van der Waals surface area contributed by atoms with E-state index in [0.29, 0.717) is 30.4 Å². The molecule has 26 heavy (non-hydrogen) atoms. The van der Waals surface area contributed by atoms with E-state index in [-0.39, 0.29) is 5.91 Å². The van der Waals surface area contributed by atoms with Crippen LogP contribution in [0.15, 0.2) is 47.5 Å². The van der Waals surface area contributed by atoms with Gasteiger partial charge in [0.1, 0.15) is 5.75 Å². The number of nitrogens with zero attached hydrogens (tertiary/aromatic N) is 1. The van der Waals surface area contributed by atoms with Crippen LogP contribution < -0.4 is 21.1 Å². The van der Waals surface area contributed by atoms with Gasteiger partial charge < -0.3 is 21.1 Å². The third-order valence-corrected chi connectivity index (χ3v) is 4.38. The molecule has 4 N–H and O–H groups in total. The minimum atomic E-state index is -0.163. The van der Waals surface area contributed by atoms with Crippen LogP contribution in [-0.2, 0) is 12.8 Å². The Kier molecular flexibility index (Phi) is 5.73. The summed E-state index contributed by atoms with van der Waals surface area (Å²) in [5.41, 5.74) is 10.2. The van der Waals surface area contributed by atoms with E-state index >= 15 is 0 Å². The topological polar surface area (TPSA) is 88.7 Å². The number of rotatable bonds is 6. The van der Waals surface area contributed by atoms with Crippen LogP contribution in [-0.4, -0.2) is 32.1 Å². The number of benzene rings is 2. The van der Waals surface area contributed by atoms with E-state index in [2.05, 4.69) is 27.8 Å². The number of ether oxygens (including phenoxy) is 1. The van der Waals surface area contributed by atoms with Crippen molar-refractivity contribution in [2.24, 2.45) is 10.7 Å². The molecule has 0 spiro atoms. The lowest BCUT2D eigenvalue weighted by Crippen LogP contribution is -2.28. The molecule has 0 fully saturated rings. The maximum absolute atomic E-state index is 12.1. The average Bonchev–Trinajstić information content (AvgIpc) is 3.13. The van der Waals surface area contributed by atoms with Crippen molar-refractivity contribution in [1.29, 1.82) is 0 Å². The minimum absolute atomic E-state index is 0.163. The van der Waals surface area contributed by atoms with E-state index in [1.807, 2.05) is 6.07 Å². The Morgan fingerprint density at radius 3 is 2.88 bits per heavy atom. The van der Waals surface area contributed by atoms with Crippen LogP contribution in [0.3, 0.4) is 0 Å². The van der Waals surface area contributed by atoms with Gasteiger partial charge >= 0.3 is 0 Å². The molecule has 0 aliphatic heterocycles. The highest BCUT2D eigenvalue weighted by molar-refractivity contribution is 5.94. The number of methoxy groups -OCH3 is 1. The molecule has 0 radical (unpaired) electrons. The largest absolute Gasteiger partial charge is 0.497 e. The molecule has 6 nitrogen and oxygen atoms in total. The molecule has 1 aliphatic rings. The number of nitrogens with two attached hydrogens (primary N) is 1. The molecule has 1 aliphatic carbocycles. The van der Waals surface area contributed by atoms with E-state index in [0.717, 1.165) is 18.5 Å². The first-order chi connectivity index (χ1) is 12.7. The molecule has 0 unspecified atom stereocenters. The fraction of sp³-hybridized carbons (Fsp3) is 0.300. The van der Waals surface area contributed by atoms with Crippen LogP contribution in [0.1, 0.15) is 27.9 Å². The summed E-state index contributed by atoms with van der Waals surface area (Å²) in [5.74, 6) is 0.835. The number of aryl methyl sites for hydroxylation is 2. The highest BCUT2D eigenvalue weighted by atomic mass is 16.5. The van der Waals surface area contributed by atoms with Gasteiger partial charge in [0.05, 0.1) is 13.7 Å². The van der Waals surface area contributed by atoms with Crippen molar-refractivity contribution in [1.82, 2.24) is 5.32 Å². The standard InChI is InChI=1S/C20H24N4O2/c1-26-18-7-3-6-16(13-18)19(25)22-10-11-23-20(21)24-17-9-8-14-4-2-5-15(14)12-17/h3,6-9,12-13H,2,4-5,10-11H2,1H3,(H,22,25)(H3,21,23,24). The number of hydrogen-bond donors (Lipinski definition) is 3. The number of fused-ring (bicyclic) bond motifs is 1. The zero-order valence-electron chi connectivity index (χ0n) is 14.9. The van der Waals surface area contributed by atoms with Gasteiger partial charge in [-0.15, -0.1) is 0 Å². The summed E-state index contributed by atoms with van der Waals surface area (Å²) in [6, 6.07) is 13.3. The Hall–Kier alpha value is -3.02. The zero-order valence-corrected chi connectivity index (χ0v) is 14.9. The Balaban J connectivity index is 1.46. The first-order valence-electron chi connectivity index (χ1n) is 8.77. The molecule has 2 aromatic rings. The fourth-order valence-electron chi connectivity index (χ4n) is 3.05. The molecule has 6 heteroatoms. The van der Waals surface area contributed by atoms with Crippen LogP contribution in [0, 0.1) is 0 Å². The van der Waals surface area contributed by atoms with Crippen molar-refractivity contribution in [3.63, 3.8) is 0 Å². The summed E-state index contributed by atoms with van der Waals surface area (Å²) in [4.78, 5) is 16.4. The average molecular weight is 352 g/mol. The van der Waals surface area contributed by atoms with Crippen LogP contribution in [0.5, 0.6) is 5.75 Å². The zero-order chi connectivity index (χ0) is 18.4. The fourth-order valence-corrected chi connectivity index (χ4v) is 3.05. The molecule has 2 aromatic carbocycles. The minimum Gasteiger partial charge on any atom is -0.497 e. The van der Waals surface area contributed by atoms with Crippen molar-refractivity contribution in [2.75, 3.05) is 25.5 Å². The number of amides is 1. The van der Waals surface area contributed by atoms with Gasteiger partial charge in [-0.25, -0.2) is 0 Å². The van der Waals surface area contributed by atoms with Gasteiger partial charge in [-0.1, -0.05) is 12.1 Å². The Labute approximate surface area is 153 Å². The first-order valence-corrected chi connectivity index (χ1v) is 8.77. The lowest BCUT2D eigenvalue weighted by atomic mass is 10.1. The van der Waals surface area contributed by atoms with Gasteiger partial charge in [0.25, 0.3) is 5.91 Å². The molecule has 0 bridgehead atoms. The second-order valence-electron chi connectivity index (χ2n) is 6.22. The first kappa shape index (κ1) is 17.8. The molecule has 0 aromatic heterocycles. The molecule has 0 saturated carbocycles. The predicted octanol–water partition coefficient (Wildman–Crippen LogP) is 2.34. The van der Waals surface area contributed by atoms with Crippen LogP contribution in [0.25, 0.3) is 0 Å². The van der Waals surface area contributed by atoms with Gasteiger partial charge in [-0.3, -0.25) is 9.79 Å². The third kappa shape index (κ3) is 4.53. The van der Waals surface area contributed by atoms with Crippen LogP contribution in [0.2, 0.25) is 0 Å². The summed E-state index contributed by atoms with van der Waals surface area (Å²) in [5, 5.41) is 5.92.